The fourth-order valence-corrected chi connectivity index (χ4v) is 3.08. The summed E-state index contributed by atoms with van der Waals surface area (Å²) in [4.78, 5) is 6.93. The fourth-order valence-electron chi connectivity index (χ4n) is 3.08. The number of hydrogen-bond acceptors (Lipinski definition) is 5. The van der Waals surface area contributed by atoms with Crippen LogP contribution in [0.2, 0.25) is 0 Å². The van der Waals surface area contributed by atoms with Crippen LogP contribution in [0.4, 0.5) is 17.1 Å². The summed E-state index contributed by atoms with van der Waals surface area (Å²) in [6.07, 6.45) is 0. The van der Waals surface area contributed by atoms with Crippen molar-refractivity contribution in [1.29, 1.82) is 0 Å². The van der Waals surface area contributed by atoms with Crippen molar-refractivity contribution in [1.82, 2.24) is 5.43 Å². The number of aliphatic imine (C=N–C) groups is 1. The van der Waals surface area contributed by atoms with E-state index in [4.69, 9.17) is 4.99 Å². The summed E-state index contributed by atoms with van der Waals surface area (Å²) in [5.41, 5.74) is 9.82. The van der Waals surface area contributed by atoms with Gasteiger partial charge in [-0.2, -0.15) is 5.10 Å². The van der Waals surface area contributed by atoms with E-state index < -0.39 is 0 Å². The van der Waals surface area contributed by atoms with Gasteiger partial charge in [0.2, 0.25) is 0 Å². The number of hydrazone groups is 1. The molecule has 2 aromatic carbocycles. The van der Waals surface area contributed by atoms with E-state index in [0.717, 1.165) is 28.7 Å². The van der Waals surface area contributed by atoms with Crippen LogP contribution in [0.3, 0.4) is 0 Å². The second kappa shape index (κ2) is 5.12. The normalized spacial score (nSPS) is 15.3. The lowest BCUT2D eigenvalue weighted by Crippen LogP contribution is -2.40. The molecule has 2 aliphatic heterocycles. The summed E-state index contributed by atoms with van der Waals surface area (Å²) < 4.78 is 0. The van der Waals surface area contributed by atoms with Crippen LogP contribution in [0.5, 0.6) is 0 Å². The highest BCUT2D eigenvalue weighted by Gasteiger charge is 2.30. The quantitative estimate of drug-likeness (QED) is 0.848. The molecule has 2 heterocycles. The first-order valence-corrected chi connectivity index (χ1v) is 7.73. The zero-order valence-electron chi connectivity index (χ0n) is 13.5. The average molecular weight is 305 g/mol. The van der Waals surface area contributed by atoms with Gasteiger partial charge in [0.1, 0.15) is 6.67 Å². The third-order valence-corrected chi connectivity index (χ3v) is 4.02. The molecule has 2 aromatic rings. The minimum Gasteiger partial charge on any atom is -0.337 e. The van der Waals surface area contributed by atoms with E-state index in [1.54, 1.807) is 0 Å². The van der Waals surface area contributed by atoms with Crippen molar-refractivity contribution in [2.24, 2.45) is 10.1 Å². The summed E-state index contributed by atoms with van der Waals surface area (Å²) in [5, 5.41) is 7.83. The van der Waals surface area contributed by atoms with E-state index in [1.165, 1.54) is 16.7 Å². The van der Waals surface area contributed by atoms with Crippen LogP contribution in [-0.2, 0) is 0 Å². The van der Waals surface area contributed by atoms with Gasteiger partial charge in [-0.05, 0) is 61.7 Å². The van der Waals surface area contributed by atoms with Gasteiger partial charge >= 0.3 is 0 Å². The summed E-state index contributed by atoms with van der Waals surface area (Å²) in [6.45, 7) is 6.95. The van der Waals surface area contributed by atoms with Gasteiger partial charge in [-0.25, -0.2) is 4.99 Å². The zero-order chi connectivity index (χ0) is 16.0. The Morgan fingerprint density at radius 3 is 2.57 bits per heavy atom. The molecule has 2 aliphatic rings. The molecule has 23 heavy (non-hydrogen) atoms. The van der Waals surface area contributed by atoms with Crippen LogP contribution in [0.25, 0.3) is 0 Å². The van der Waals surface area contributed by atoms with Crippen molar-refractivity contribution in [3.05, 3.63) is 53.1 Å². The molecule has 0 radical (unpaired) electrons. The molecule has 116 valence electrons. The zero-order valence-corrected chi connectivity index (χ0v) is 13.5. The molecule has 0 unspecified atom stereocenters. The number of aryl methyl sites for hydroxylation is 3. The number of rotatable bonds is 1. The third-order valence-electron chi connectivity index (χ3n) is 4.02. The first-order chi connectivity index (χ1) is 11.1. The maximum atomic E-state index is 4.78. The Labute approximate surface area is 135 Å². The van der Waals surface area contributed by atoms with Crippen LogP contribution in [-0.4, -0.2) is 18.3 Å². The predicted octanol–water partition coefficient (Wildman–Crippen LogP) is 3.45. The summed E-state index contributed by atoms with van der Waals surface area (Å²) in [7, 11) is 0. The SMILES string of the molecule is Cc1cc(C)cc(NC2=Nc3ccc(C)cc3N3CNN=C23)c1. The molecule has 0 saturated carbocycles. The predicted molar refractivity (Wildman–Crippen MR) is 95.7 cm³/mol. The van der Waals surface area contributed by atoms with Gasteiger partial charge in [0.05, 0.1) is 11.4 Å². The van der Waals surface area contributed by atoms with Gasteiger partial charge in [-0.15, -0.1) is 0 Å². The van der Waals surface area contributed by atoms with Crippen LogP contribution < -0.4 is 15.6 Å². The van der Waals surface area contributed by atoms with E-state index in [9.17, 15) is 0 Å². The molecule has 0 atom stereocenters. The van der Waals surface area contributed by atoms with Gasteiger partial charge in [0.15, 0.2) is 11.7 Å². The molecule has 5 heteroatoms. The largest absolute Gasteiger partial charge is 0.337 e. The van der Waals surface area contributed by atoms with Gasteiger partial charge in [-0.1, -0.05) is 12.1 Å². The molecular weight excluding hydrogens is 286 g/mol. The number of benzene rings is 2. The lowest BCUT2D eigenvalue weighted by Gasteiger charge is -2.27. The number of nitrogens with one attached hydrogen (secondary N) is 2. The van der Waals surface area contributed by atoms with E-state index in [2.05, 4.69) is 77.9 Å². The van der Waals surface area contributed by atoms with Crippen LogP contribution >= 0.6 is 0 Å². The Morgan fingerprint density at radius 1 is 1.00 bits per heavy atom. The van der Waals surface area contributed by atoms with Crippen LogP contribution in [0.1, 0.15) is 16.7 Å². The number of hydrogen-bond donors (Lipinski definition) is 2. The Balaban J connectivity index is 1.77. The van der Waals surface area contributed by atoms with Crippen LogP contribution in [0, 0.1) is 20.8 Å². The Bertz CT molecular complexity index is 830. The Kier molecular flexibility index (Phi) is 3.08. The van der Waals surface area contributed by atoms with Gasteiger partial charge in [0, 0.05) is 5.69 Å². The monoisotopic (exact) mass is 305 g/mol. The number of fused-ring (bicyclic) bond motifs is 3. The summed E-state index contributed by atoms with van der Waals surface area (Å²) >= 11 is 0. The lowest BCUT2D eigenvalue weighted by molar-refractivity contribution is 0.807. The van der Waals surface area contributed by atoms with Crippen molar-refractivity contribution in [2.45, 2.75) is 20.8 Å². The second-order valence-electron chi connectivity index (χ2n) is 6.13. The number of nitrogens with zero attached hydrogens (tertiary/aromatic N) is 3. The highest BCUT2D eigenvalue weighted by molar-refractivity contribution is 6.51. The van der Waals surface area contributed by atoms with E-state index in [1.807, 2.05) is 0 Å². The van der Waals surface area contributed by atoms with Gasteiger partial charge in [-0.3, -0.25) is 5.43 Å². The molecule has 0 aliphatic carbocycles. The fraction of sp³-hybridized carbons (Fsp3) is 0.222. The maximum Gasteiger partial charge on any atom is 0.197 e. The summed E-state index contributed by atoms with van der Waals surface area (Å²) in [6, 6.07) is 12.7. The van der Waals surface area contributed by atoms with Crippen molar-refractivity contribution < 1.29 is 0 Å². The molecular formula is C18H19N5. The van der Waals surface area contributed by atoms with E-state index in [-0.39, 0.29) is 0 Å². The first kappa shape index (κ1) is 13.8. The molecule has 0 aromatic heterocycles. The number of anilines is 2. The molecule has 0 spiro atoms. The summed E-state index contributed by atoms with van der Waals surface area (Å²) in [5.74, 6) is 1.61. The molecule has 0 bridgehead atoms. The van der Waals surface area contributed by atoms with Crippen molar-refractivity contribution in [3.63, 3.8) is 0 Å². The van der Waals surface area contributed by atoms with E-state index >= 15 is 0 Å². The molecule has 5 nitrogen and oxygen atoms in total. The number of amidine groups is 2. The average Bonchev–Trinajstić information content (AvgIpc) is 2.97. The second-order valence-corrected chi connectivity index (χ2v) is 6.13. The van der Waals surface area contributed by atoms with E-state index in [0.29, 0.717) is 6.67 Å². The van der Waals surface area contributed by atoms with Crippen molar-refractivity contribution >= 4 is 28.7 Å². The minimum atomic E-state index is 0.666. The smallest absolute Gasteiger partial charge is 0.197 e. The molecule has 2 N–H and O–H groups in total. The molecule has 4 rings (SSSR count). The molecule has 0 saturated heterocycles. The Hall–Kier alpha value is -2.82. The highest BCUT2D eigenvalue weighted by Crippen LogP contribution is 2.34. The molecule has 0 fully saturated rings. The van der Waals surface area contributed by atoms with Crippen molar-refractivity contribution in [2.75, 3.05) is 16.9 Å². The first-order valence-electron chi connectivity index (χ1n) is 7.73. The molecule has 0 amide bonds. The Morgan fingerprint density at radius 2 is 1.78 bits per heavy atom. The lowest BCUT2D eigenvalue weighted by atomic mass is 10.1. The van der Waals surface area contributed by atoms with Crippen LogP contribution in [0.15, 0.2) is 46.5 Å². The van der Waals surface area contributed by atoms with Crippen molar-refractivity contribution in [3.8, 4) is 0 Å². The standard InChI is InChI=1S/C18H19N5/c1-11-4-5-15-16(9-11)23-10-19-22-18(23)17(21-15)20-14-7-12(2)6-13(3)8-14/h4-9,19H,10H2,1-3H3,(H,20,21). The van der Waals surface area contributed by atoms with Gasteiger partial charge in [0.25, 0.3) is 0 Å². The van der Waals surface area contributed by atoms with Gasteiger partial charge < -0.3 is 10.2 Å². The highest BCUT2D eigenvalue weighted by atomic mass is 15.5. The third kappa shape index (κ3) is 2.44. The minimum absolute atomic E-state index is 0.666. The topological polar surface area (TPSA) is 52.0 Å². The maximum absolute atomic E-state index is 4.78.